The highest BCUT2D eigenvalue weighted by Crippen LogP contribution is 2.39. The molecule has 1 N–H and O–H groups in total. The number of carboxylic acid groups (broad SMARTS) is 1. The second kappa shape index (κ2) is 10.4. The van der Waals surface area contributed by atoms with Gasteiger partial charge < -0.3 is 24.1 Å². The maximum atomic E-state index is 11.1. The van der Waals surface area contributed by atoms with Crippen molar-refractivity contribution < 1.29 is 28.8 Å². The minimum atomic E-state index is -0.831. The Balaban J connectivity index is 1.31. The van der Waals surface area contributed by atoms with Crippen LogP contribution in [-0.4, -0.2) is 37.0 Å². The van der Waals surface area contributed by atoms with Crippen molar-refractivity contribution in [3.8, 4) is 28.4 Å². The Hall–Kier alpha value is -3.22. The van der Waals surface area contributed by atoms with Gasteiger partial charge in [-0.3, -0.25) is 4.79 Å². The molecule has 0 amide bonds. The molecule has 5 rings (SSSR count). The van der Waals surface area contributed by atoms with Crippen LogP contribution in [0.3, 0.4) is 0 Å². The van der Waals surface area contributed by atoms with Crippen LogP contribution in [0.2, 0.25) is 5.02 Å². The molecule has 188 valence electrons. The number of halogens is 1. The van der Waals surface area contributed by atoms with E-state index in [2.05, 4.69) is 32.0 Å². The quantitative estimate of drug-likeness (QED) is 0.383. The Morgan fingerprint density at radius 2 is 1.86 bits per heavy atom. The summed E-state index contributed by atoms with van der Waals surface area (Å²) in [4.78, 5) is 11.1. The molecule has 1 saturated heterocycles. The van der Waals surface area contributed by atoms with Gasteiger partial charge in [-0.25, -0.2) is 0 Å². The van der Waals surface area contributed by atoms with E-state index >= 15 is 0 Å². The molecule has 36 heavy (non-hydrogen) atoms. The molecule has 0 radical (unpaired) electrons. The highest BCUT2D eigenvalue weighted by molar-refractivity contribution is 6.31. The van der Waals surface area contributed by atoms with E-state index in [4.69, 9.17) is 35.7 Å². The molecule has 3 aromatic carbocycles. The van der Waals surface area contributed by atoms with Crippen molar-refractivity contribution in [3.63, 3.8) is 0 Å². The monoisotopic (exact) mass is 508 g/mol. The third-order valence-electron chi connectivity index (χ3n) is 6.71. The molecule has 2 atom stereocenters. The average Bonchev–Trinajstić information content (AvgIpc) is 3.48. The number of ether oxygens (including phenoxy) is 4. The van der Waals surface area contributed by atoms with Gasteiger partial charge in [0.05, 0.1) is 26.2 Å². The lowest BCUT2D eigenvalue weighted by Crippen LogP contribution is -2.15. The van der Waals surface area contributed by atoms with Gasteiger partial charge in [-0.15, -0.1) is 0 Å². The SMILES string of the molecule is Cc1cc(OC2CCOC2)cc(C)c1-c1ccc(Cl)c(COc2ccc3c(c2)OCC3CC(=O)O)c1. The average molecular weight is 509 g/mol. The molecule has 0 aromatic heterocycles. The Kier molecular flexibility index (Phi) is 7.08. The number of aliphatic carboxylic acids is 1. The molecule has 3 aromatic rings. The predicted molar refractivity (Wildman–Crippen MR) is 137 cm³/mol. The summed E-state index contributed by atoms with van der Waals surface area (Å²) in [5.74, 6) is 1.23. The summed E-state index contributed by atoms with van der Waals surface area (Å²) in [6, 6.07) is 15.7. The van der Waals surface area contributed by atoms with Crippen molar-refractivity contribution in [2.75, 3.05) is 19.8 Å². The standard InChI is InChI=1S/C29H29ClO6/c1-17-9-24(36-23-7-8-33-16-23)10-18(2)29(17)19-3-6-26(30)21(11-19)15-34-22-4-5-25-20(12-28(31)32)14-35-27(25)13-22/h3-6,9-11,13,20,23H,7-8,12,14-16H2,1-2H3,(H,31,32). The third-order valence-corrected chi connectivity index (χ3v) is 7.08. The number of hydrogen-bond donors (Lipinski definition) is 1. The van der Waals surface area contributed by atoms with Crippen molar-refractivity contribution in [1.82, 2.24) is 0 Å². The largest absolute Gasteiger partial charge is 0.492 e. The summed E-state index contributed by atoms with van der Waals surface area (Å²) in [5.41, 5.74) is 6.26. The molecule has 2 heterocycles. The summed E-state index contributed by atoms with van der Waals surface area (Å²) in [5, 5.41) is 9.73. The van der Waals surface area contributed by atoms with E-state index in [0.717, 1.165) is 52.2 Å². The van der Waals surface area contributed by atoms with Crippen molar-refractivity contribution in [2.45, 2.75) is 45.3 Å². The first-order valence-electron chi connectivity index (χ1n) is 12.1. The Morgan fingerprint density at radius 3 is 2.58 bits per heavy atom. The lowest BCUT2D eigenvalue weighted by atomic mass is 9.94. The lowest BCUT2D eigenvalue weighted by Gasteiger charge is -2.17. The number of fused-ring (bicyclic) bond motifs is 1. The molecule has 0 bridgehead atoms. The van der Waals surface area contributed by atoms with Crippen LogP contribution in [0.5, 0.6) is 17.2 Å². The van der Waals surface area contributed by atoms with Gasteiger partial charge in [0, 0.05) is 34.6 Å². The van der Waals surface area contributed by atoms with Crippen molar-refractivity contribution in [3.05, 3.63) is 75.8 Å². The van der Waals surface area contributed by atoms with Crippen molar-refractivity contribution >= 4 is 17.6 Å². The Labute approximate surface area is 215 Å². The molecule has 2 aliphatic heterocycles. The van der Waals surface area contributed by atoms with Crippen LogP contribution in [0.4, 0.5) is 0 Å². The van der Waals surface area contributed by atoms with Gasteiger partial charge in [-0.1, -0.05) is 23.7 Å². The smallest absolute Gasteiger partial charge is 0.304 e. The van der Waals surface area contributed by atoms with Gasteiger partial charge in [-0.05, 0) is 66.4 Å². The number of rotatable bonds is 8. The summed E-state index contributed by atoms with van der Waals surface area (Å²) in [6.45, 7) is 6.24. The van der Waals surface area contributed by atoms with Crippen LogP contribution in [0.1, 0.15) is 41.0 Å². The van der Waals surface area contributed by atoms with E-state index < -0.39 is 5.97 Å². The van der Waals surface area contributed by atoms with Crippen LogP contribution >= 0.6 is 11.6 Å². The minimum absolute atomic E-state index is 0.0521. The number of aryl methyl sites for hydroxylation is 2. The van der Waals surface area contributed by atoms with E-state index in [1.165, 1.54) is 0 Å². The van der Waals surface area contributed by atoms with E-state index in [-0.39, 0.29) is 18.4 Å². The second-order valence-corrected chi connectivity index (χ2v) is 9.84. The topological polar surface area (TPSA) is 74.2 Å². The van der Waals surface area contributed by atoms with E-state index in [1.54, 1.807) is 0 Å². The van der Waals surface area contributed by atoms with E-state index in [9.17, 15) is 4.79 Å². The fourth-order valence-corrected chi connectivity index (χ4v) is 5.15. The van der Waals surface area contributed by atoms with Crippen molar-refractivity contribution in [1.29, 1.82) is 0 Å². The number of carboxylic acids is 1. The molecule has 1 fully saturated rings. The zero-order valence-electron chi connectivity index (χ0n) is 20.4. The van der Waals surface area contributed by atoms with Crippen molar-refractivity contribution in [2.24, 2.45) is 0 Å². The summed E-state index contributed by atoms with van der Waals surface area (Å²) in [6.07, 6.45) is 1.08. The molecular weight excluding hydrogens is 480 g/mol. The molecule has 6 nitrogen and oxygen atoms in total. The molecule has 0 aliphatic carbocycles. The fraction of sp³-hybridized carbons (Fsp3) is 0.345. The molecule has 2 aliphatic rings. The molecule has 7 heteroatoms. The summed E-state index contributed by atoms with van der Waals surface area (Å²) < 4.78 is 23.3. The highest BCUT2D eigenvalue weighted by atomic mass is 35.5. The third kappa shape index (κ3) is 5.30. The zero-order chi connectivity index (χ0) is 25.2. The highest BCUT2D eigenvalue weighted by Gasteiger charge is 2.26. The molecule has 0 saturated carbocycles. The fourth-order valence-electron chi connectivity index (χ4n) is 4.97. The maximum absolute atomic E-state index is 11.1. The normalized spacial score (nSPS) is 18.5. The van der Waals surface area contributed by atoms with Gasteiger partial charge in [-0.2, -0.15) is 0 Å². The molecule has 2 unspecified atom stereocenters. The first-order valence-corrected chi connectivity index (χ1v) is 12.5. The van der Waals surface area contributed by atoms with Gasteiger partial charge in [0.1, 0.15) is 30.0 Å². The number of hydrogen-bond acceptors (Lipinski definition) is 5. The van der Waals surface area contributed by atoms with Gasteiger partial charge >= 0.3 is 5.97 Å². The minimum Gasteiger partial charge on any atom is -0.492 e. The summed E-state index contributed by atoms with van der Waals surface area (Å²) in [7, 11) is 0. The van der Waals surface area contributed by atoms with Crippen LogP contribution < -0.4 is 14.2 Å². The maximum Gasteiger partial charge on any atom is 0.304 e. The zero-order valence-corrected chi connectivity index (χ0v) is 21.1. The van der Waals surface area contributed by atoms with Gasteiger partial charge in [0.25, 0.3) is 0 Å². The first kappa shape index (κ1) is 24.5. The molecule has 0 spiro atoms. The van der Waals surface area contributed by atoms with Crippen LogP contribution in [0.15, 0.2) is 48.5 Å². The Bertz CT molecular complexity index is 1260. The van der Waals surface area contributed by atoms with E-state index in [0.29, 0.717) is 36.3 Å². The predicted octanol–water partition coefficient (Wildman–Crippen LogP) is 6.32. The Morgan fingerprint density at radius 1 is 1.06 bits per heavy atom. The lowest BCUT2D eigenvalue weighted by molar-refractivity contribution is -0.137. The van der Waals surface area contributed by atoms with Gasteiger partial charge in [0.2, 0.25) is 0 Å². The summed E-state index contributed by atoms with van der Waals surface area (Å²) >= 11 is 6.52. The van der Waals surface area contributed by atoms with E-state index in [1.807, 2.05) is 30.3 Å². The molecular formula is C29H29ClO6. The number of carbonyl (C=O) groups is 1. The second-order valence-electron chi connectivity index (χ2n) is 9.44. The van der Waals surface area contributed by atoms with Crippen LogP contribution in [-0.2, 0) is 16.1 Å². The van der Waals surface area contributed by atoms with Gasteiger partial charge in [0.15, 0.2) is 0 Å². The van der Waals surface area contributed by atoms with Crippen LogP contribution in [0, 0.1) is 13.8 Å². The first-order chi connectivity index (χ1) is 17.4. The van der Waals surface area contributed by atoms with Crippen LogP contribution in [0.25, 0.3) is 11.1 Å². The number of benzene rings is 3.